The van der Waals surface area contributed by atoms with Crippen molar-refractivity contribution in [2.45, 2.75) is 70.6 Å². The van der Waals surface area contributed by atoms with Crippen LogP contribution in [0.2, 0.25) is 0 Å². The number of amides is 1. The lowest BCUT2D eigenvalue weighted by atomic mass is 10.1. The molecule has 1 aliphatic heterocycles. The normalized spacial score (nSPS) is 19.7. The summed E-state index contributed by atoms with van der Waals surface area (Å²) in [6, 6.07) is -0.260. The third-order valence-electron chi connectivity index (χ3n) is 6.09. The second kappa shape index (κ2) is 9.46. The van der Waals surface area contributed by atoms with E-state index in [4.69, 9.17) is 4.98 Å². The summed E-state index contributed by atoms with van der Waals surface area (Å²) in [5, 5.41) is 1.35. The number of aromatic nitrogens is 2. The minimum atomic E-state index is -3.08. The summed E-state index contributed by atoms with van der Waals surface area (Å²) in [4.78, 5) is 35.1. The molecule has 0 saturated carbocycles. The highest BCUT2D eigenvalue weighted by Gasteiger charge is 2.35. The number of hydrogen-bond acceptors (Lipinski definition) is 7. The van der Waals surface area contributed by atoms with E-state index in [-0.39, 0.29) is 40.7 Å². The molecule has 7 nitrogen and oxygen atoms in total. The van der Waals surface area contributed by atoms with Crippen LogP contribution >= 0.6 is 23.1 Å². The van der Waals surface area contributed by atoms with Crippen molar-refractivity contribution < 1.29 is 13.2 Å². The lowest BCUT2D eigenvalue weighted by Gasteiger charge is -2.30. The van der Waals surface area contributed by atoms with Gasteiger partial charge in [0.25, 0.3) is 5.56 Å². The van der Waals surface area contributed by atoms with Crippen molar-refractivity contribution in [3.05, 3.63) is 20.8 Å². The zero-order chi connectivity index (χ0) is 23.0. The third-order valence-corrected chi connectivity index (χ3v) is 9.99. The van der Waals surface area contributed by atoms with E-state index in [1.807, 2.05) is 20.8 Å². The largest absolute Gasteiger partial charge is 0.338 e. The van der Waals surface area contributed by atoms with Crippen LogP contribution in [-0.4, -0.2) is 58.6 Å². The van der Waals surface area contributed by atoms with Gasteiger partial charge in [-0.25, -0.2) is 13.4 Å². The molecule has 2 aromatic heterocycles. The second-order valence-corrected chi connectivity index (χ2v) is 13.4. The third kappa shape index (κ3) is 4.77. The zero-order valence-electron chi connectivity index (χ0n) is 18.9. The predicted molar refractivity (Wildman–Crippen MR) is 131 cm³/mol. The Hall–Kier alpha value is -1.39. The maximum absolute atomic E-state index is 13.3. The molecule has 1 aliphatic carbocycles. The van der Waals surface area contributed by atoms with Crippen LogP contribution in [0.5, 0.6) is 0 Å². The molecule has 32 heavy (non-hydrogen) atoms. The summed E-state index contributed by atoms with van der Waals surface area (Å²) in [5.74, 6) is 0.493. The standard InChI is InChI=1S/C22H31N3O4S3/c1-4-9-24-21(27)19-16-6-5-7-17(16)31-20(19)23-22(24)30-12-18(26)25(11-14(2)3)15-8-10-32(28,29)13-15/h14-15H,4-13H2,1-3H3. The van der Waals surface area contributed by atoms with E-state index in [9.17, 15) is 18.0 Å². The molecule has 0 bridgehead atoms. The average molecular weight is 498 g/mol. The summed E-state index contributed by atoms with van der Waals surface area (Å²) in [5.41, 5.74) is 1.18. The number of thioether (sulfide) groups is 1. The van der Waals surface area contributed by atoms with Gasteiger partial charge in [0.05, 0.1) is 22.6 Å². The molecule has 176 valence electrons. The van der Waals surface area contributed by atoms with Crippen molar-refractivity contribution in [3.8, 4) is 0 Å². The first-order chi connectivity index (χ1) is 15.2. The highest BCUT2D eigenvalue weighted by Crippen LogP contribution is 2.35. The van der Waals surface area contributed by atoms with Gasteiger partial charge in [0.2, 0.25) is 5.91 Å². The van der Waals surface area contributed by atoms with E-state index in [0.717, 1.165) is 35.9 Å². The summed E-state index contributed by atoms with van der Waals surface area (Å²) in [6.07, 6.45) is 4.35. The van der Waals surface area contributed by atoms with Crippen LogP contribution in [0.25, 0.3) is 10.2 Å². The van der Waals surface area contributed by atoms with Crippen LogP contribution in [0, 0.1) is 5.92 Å². The topological polar surface area (TPSA) is 89.3 Å². The molecule has 1 atom stereocenters. The van der Waals surface area contributed by atoms with Gasteiger partial charge in [-0.2, -0.15) is 0 Å². The molecule has 3 heterocycles. The number of sulfone groups is 1. The van der Waals surface area contributed by atoms with Gasteiger partial charge in [-0.15, -0.1) is 11.3 Å². The number of rotatable bonds is 8. The number of carbonyl (C=O) groups is 1. The van der Waals surface area contributed by atoms with Crippen LogP contribution < -0.4 is 5.56 Å². The number of carbonyl (C=O) groups excluding carboxylic acids is 1. The fraction of sp³-hybridized carbons (Fsp3) is 0.682. The van der Waals surface area contributed by atoms with Crippen LogP contribution in [0.15, 0.2) is 9.95 Å². The van der Waals surface area contributed by atoms with Crippen LogP contribution in [0.1, 0.15) is 50.5 Å². The number of nitrogens with zero attached hydrogens (tertiary/aromatic N) is 3. The Balaban J connectivity index is 1.59. The highest BCUT2D eigenvalue weighted by molar-refractivity contribution is 7.99. The van der Waals surface area contributed by atoms with E-state index in [2.05, 4.69) is 0 Å². The van der Waals surface area contributed by atoms with Crippen LogP contribution in [0.3, 0.4) is 0 Å². The molecule has 0 spiro atoms. The van der Waals surface area contributed by atoms with Crippen molar-refractivity contribution in [1.29, 1.82) is 0 Å². The summed E-state index contributed by atoms with van der Waals surface area (Å²) in [7, 11) is -3.08. The van der Waals surface area contributed by atoms with Crippen molar-refractivity contribution in [2.75, 3.05) is 23.8 Å². The molecule has 1 saturated heterocycles. The molecule has 4 rings (SSSR count). The molecule has 1 fully saturated rings. The van der Waals surface area contributed by atoms with E-state index >= 15 is 0 Å². The molecular weight excluding hydrogens is 466 g/mol. The molecule has 0 aromatic carbocycles. The van der Waals surface area contributed by atoms with Crippen LogP contribution in [-0.2, 0) is 34.0 Å². The lowest BCUT2D eigenvalue weighted by Crippen LogP contribution is -2.44. The molecule has 2 aliphatic rings. The van der Waals surface area contributed by atoms with Gasteiger partial charge < -0.3 is 4.90 Å². The minimum absolute atomic E-state index is 0.00659. The minimum Gasteiger partial charge on any atom is -0.338 e. The average Bonchev–Trinajstić information content (AvgIpc) is 3.40. The fourth-order valence-electron chi connectivity index (χ4n) is 4.67. The van der Waals surface area contributed by atoms with E-state index in [1.165, 1.54) is 22.2 Å². The lowest BCUT2D eigenvalue weighted by molar-refractivity contribution is -0.130. The quantitative estimate of drug-likeness (QED) is 0.411. The molecule has 2 aromatic rings. The first-order valence-corrected chi connectivity index (χ1v) is 15.0. The van der Waals surface area contributed by atoms with Gasteiger partial charge in [-0.3, -0.25) is 14.2 Å². The van der Waals surface area contributed by atoms with Crippen molar-refractivity contribution in [3.63, 3.8) is 0 Å². The van der Waals surface area contributed by atoms with E-state index in [1.54, 1.807) is 20.8 Å². The summed E-state index contributed by atoms with van der Waals surface area (Å²) in [6.45, 7) is 7.19. The van der Waals surface area contributed by atoms with Gasteiger partial charge in [-0.05, 0) is 43.6 Å². The SMILES string of the molecule is CCCn1c(SCC(=O)N(CC(C)C)C2CCS(=O)(=O)C2)nc2sc3c(c2c1=O)CCC3. The van der Waals surface area contributed by atoms with E-state index in [0.29, 0.717) is 24.7 Å². The van der Waals surface area contributed by atoms with Gasteiger partial charge >= 0.3 is 0 Å². The molecule has 0 N–H and O–H groups in total. The van der Waals surface area contributed by atoms with Gasteiger partial charge in [0, 0.05) is 24.0 Å². The summed E-state index contributed by atoms with van der Waals surface area (Å²) < 4.78 is 25.7. The Morgan fingerprint density at radius 2 is 2.12 bits per heavy atom. The van der Waals surface area contributed by atoms with Gasteiger partial charge in [-0.1, -0.05) is 32.5 Å². The monoisotopic (exact) mass is 497 g/mol. The Bertz CT molecular complexity index is 1180. The highest BCUT2D eigenvalue weighted by atomic mass is 32.2. The molecule has 0 radical (unpaired) electrons. The van der Waals surface area contributed by atoms with Crippen molar-refractivity contribution in [2.24, 2.45) is 5.92 Å². The van der Waals surface area contributed by atoms with Crippen molar-refractivity contribution in [1.82, 2.24) is 14.5 Å². The number of aryl methyl sites for hydroxylation is 2. The Morgan fingerprint density at radius 1 is 1.34 bits per heavy atom. The van der Waals surface area contributed by atoms with Gasteiger partial charge in [0.1, 0.15) is 4.83 Å². The molecule has 10 heteroatoms. The zero-order valence-corrected chi connectivity index (χ0v) is 21.4. The van der Waals surface area contributed by atoms with Crippen LogP contribution in [0.4, 0.5) is 0 Å². The Kier molecular flexibility index (Phi) is 7.03. The number of hydrogen-bond donors (Lipinski definition) is 0. The van der Waals surface area contributed by atoms with Gasteiger partial charge in [0.15, 0.2) is 15.0 Å². The predicted octanol–water partition coefficient (Wildman–Crippen LogP) is 3.12. The van der Waals surface area contributed by atoms with E-state index < -0.39 is 9.84 Å². The maximum atomic E-state index is 13.3. The molecular formula is C22H31N3O4S3. The Morgan fingerprint density at radius 3 is 2.78 bits per heavy atom. The second-order valence-electron chi connectivity index (χ2n) is 9.17. The maximum Gasteiger partial charge on any atom is 0.263 e. The summed E-state index contributed by atoms with van der Waals surface area (Å²) >= 11 is 2.91. The molecule has 1 amide bonds. The van der Waals surface area contributed by atoms with Crippen molar-refractivity contribution >= 4 is 49.1 Å². The number of thiophene rings is 1. The number of fused-ring (bicyclic) bond motifs is 3. The first-order valence-electron chi connectivity index (χ1n) is 11.4. The first kappa shape index (κ1) is 23.8. The molecule has 1 unspecified atom stereocenters. The smallest absolute Gasteiger partial charge is 0.263 e. The Labute approximate surface area is 197 Å². The fourth-order valence-corrected chi connectivity index (χ4v) is 8.61.